The number of aliphatic hydroxyl groups excluding tert-OH is 1. The number of carbonyl (C=O) groups excluding carboxylic acids is 1. The Hall–Kier alpha value is -1.31. The largest absolute Gasteiger partial charge is 0.395 e. The van der Waals surface area contributed by atoms with Crippen LogP contribution in [0.2, 0.25) is 0 Å². The molecule has 2 aliphatic rings. The average Bonchev–Trinajstić information content (AvgIpc) is 3.21. The highest BCUT2D eigenvalue weighted by Crippen LogP contribution is 2.47. The van der Waals surface area contributed by atoms with Crippen molar-refractivity contribution in [3.05, 3.63) is 21.9 Å². The number of amides is 1. The van der Waals surface area contributed by atoms with Gasteiger partial charge in [-0.2, -0.15) is 0 Å². The Morgan fingerprint density at radius 1 is 1.43 bits per heavy atom. The first-order chi connectivity index (χ1) is 10.3. The standard InChI is InChI=1S/C17H21NO2S/c19-6-2-1-3-16-9-15(11-21-16)17(20)18-10-14-8-12-4-5-13(14)7-12/h9,11-14,19H,2,4-8,10H2,(H,18,20). The first-order valence-corrected chi connectivity index (χ1v) is 8.60. The number of carbonyl (C=O) groups is 1. The summed E-state index contributed by atoms with van der Waals surface area (Å²) in [4.78, 5) is 13.0. The highest BCUT2D eigenvalue weighted by atomic mass is 32.1. The zero-order valence-electron chi connectivity index (χ0n) is 12.1. The van der Waals surface area contributed by atoms with Gasteiger partial charge in [-0.05, 0) is 43.1 Å². The summed E-state index contributed by atoms with van der Waals surface area (Å²) in [6, 6.07) is 1.84. The van der Waals surface area contributed by atoms with Crippen molar-refractivity contribution in [3.63, 3.8) is 0 Å². The quantitative estimate of drug-likeness (QED) is 0.840. The van der Waals surface area contributed by atoms with E-state index in [1.807, 2.05) is 11.4 Å². The van der Waals surface area contributed by atoms with Crippen LogP contribution in [-0.2, 0) is 0 Å². The minimum Gasteiger partial charge on any atom is -0.395 e. The molecule has 0 spiro atoms. The van der Waals surface area contributed by atoms with Gasteiger partial charge in [0.2, 0.25) is 0 Å². The van der Waals surface area contributed by atoms with Gasteiger partial charge in [-0.1, -0.05) is 18.3 Å². The van der Waals surface area contributed by atoms with Crippen LogP contribution in [0.25, 0.3) is 0 Å². The summed E-state index contributed by atoms with van der Waals surface area (Å²) in [5, 5.41) is 13.6. The Morgan fingerprint density at radius 3 is 3.05 bits per heavy atom. The normalized spacial score (nSPS) is 26.4. The number of nitrogens with one attached hydrogen (secondary N) is 1. The molecule has 2 saturated carbocycles. The van der Waals surface area contributed by atoms with Crippen molar-refractivity contribution in [1.82, 2.24) is 5.32 Å². The number of aliphatic hydroxyl groups is 1. The fourth-order valence-electron chi connectivity index (χ4n) is 3.68. The molecule has 1 amide bonds. The van der Waals surface area contributed by atoms with Gasteiger partial charge >= 0.3 is 0 Å². The van der Waals surface area contributed by atoms with Crippen LogP contribution in [0.3, 0.4) is 0 Å². The molecule has 0 aliphatic heterocycles. The fraction of sp³-hybridized carbons (Fsp3) is 0.588. The molecule has 3 rings (SSSR count). The summed E-state index contributed by atoms with van der Waals surface area (Å²) in [5.74, 6) is 8.32. The van der Waals surface area contributed by atoms with E-state index >= 15 is 0 Å². The van der Waals surface area contributed by atoms with Crippen molar-refractivity contribution in [2.45, 2.75) is 32.1 Å². The lowest BCUT2D eigenvalue weighted by Gasteiger charge is -2.21. The van der Waals surface area contributed by atoms with Gasteiger partial charge in [-0.3, -0.25) is 4.79 Å². The van der Waals surface area contributed by atoms with Crippen LogP contribution in [0.1, 0.15) is 47.3 Å². The summed E-state index contributed by atoms with van der Waals surface area (Å²) in [6.07, 6.45) is 5.91. The number of thiophene rings is 1. The highest BCUT2D eigenvalue weighted by Gasteiger charge is 2.39. The Balaban J connectivity index is 1.50. The van der Waals surface area contributed by atoms with E-state index in [0.29, 0.717) is 17.9 Å². The van der Waals surface area contributed by atoms with Gasteiger partial charge in [0.1, 0.15) is 0 Å². The van der Waals surface area contributed by atoms with E-state index in [9.17, 15) is 4.79 Å². The predicted molar refractivity (Wildman–Crippen MR) is 84.2 cm³/mol. The van der Waals surface area contributed by atoms with Crippen molar-refractivity contribution >= 4 is 17.2 Å². The first-order valence-electron chi connectivity index (χ1n) is 7.72. The Bertz CT molecular complexity index is 569. The number of fused-ring (bicyclic) bond motifs is 2. The third-order valence-electron chi connectivity index (χ3n) is 4.72. The molecular weight excluding hydrogens is 282 g/mol. The van der Waals surface area contributed by atoms with Gasteiger partial charge < -0.3 is 10.4 Å². The molecule has 3 unspecified atom stereocenters. The number of hydrogen-bond acceptors (Lipinski definition) is 3. The third kappa shape index (κ3) is 3.48. The molecule has 0 saturated heterocycles. The van der Waals surface area contributed by atoms with Crippen LogP contribution < -0.4 is 5.32 Å². The predicted octanol–water partition coefficient (Wildman–Crippen LogP) is 2.65. The van der Waals surface area contributed by atoms with Crippen LogP contribution in [0, 0.1) is 29.6 Å². The highest BCUT2D eigenvalue weighted by molar-refractivity contribution is 7.10. The maximum absolute atomic E-state index is 12.2. The molecule has 3 atom stereocenters. The summed E-state index contributed by atoms with van der Waals surface area (Å²) >= 11 is 1.48. The minimum atomic E-state index is 0.0178. The maximum atomic E-state index is 12.2. The average molecular weight is 303 g/mol. The van der Waals surface area contributed by atoms with Crippen LogP contribution in [0.15, 0.2) is 11.4 Å². The van der Waals surface area contributed by atoms with Gasteiger partial charge in [-0.25, -0.2) is 0 Å². The second-order valence-corrected chi connectivity index (χ2v) is 7.03. The molecule has 1 aromatic rings. The molecule has 21 heavy (non-hydrogen) atoms. The number of rotatable bonds is 4. The Kier molecular flexibility index (Phi) is 4.62. The van der Waals surface area contributed by atoms with Crippen LogP contribution >= 0.6 is 11.3 Å². The molecule has 0 aromatic carbocycles. The molecule has 2 bridgehead atoms. The molecule has 1 heterocycles. The van der Waals surface area contributed by atoms with Crippen LogP contribution in [0.4, 0.5) is 0 Å². The molecule has 112 valence electrons. The molecule has 3 nitrogen and oxygen atoms in total. The Labute approximate surface area is 129 Å². The molecule has 0 radical (unpaired) electrons. The third-order valence-corrected chi connectivity index (χ3v) is 5.57. The first kappa shape index (κ1) is 14.6. The molecule has 1 aromatic heterocycles. The van der Waals surface area contributed by atoms with Gasteiger partial charge in [-0.15, -0.1) is 11.3 Å². The summed E-state index contributed by atoms with van der Waals surface area (Å²) < 4.78 is 0. The molecule has 4 heteroatoms. The lowest BCUT2D eigenvalue weighted by molar-refractivity contribution is 0.0942. The van der Waals surface area contributed by atoms with Crippen molar-refractivity contribution < 1.29 is 9.90 Å². The fourth-order valence-corrected chi connectivity index (χ4v) is 4.43. The topological polar surface area (TPSA) is 49.3 Å². The maximum Gasteiger partial charge on any atom is 0.252 e. The summed E-state index contributed by atoms with van der Waals surface area (Å²) in [6.45, 7) is 0.899. The molecular formula is C17H21NO2S. The van der Waals surface area contributed by atoms with E-state index in [2.05, 4.69) is 17.2 Å². The van der Waals surface area contributed by atoms with E-state index < -0.39 is 0 Å². The van der Waals surface area contributed by atoms with E-state index in [-0.39, 0.29) is 12.5 Å². The lowest BCUT2D eigenvalue weighted by atomic mass is 9.89. The Morgan fingerprint density at radius 2 is 2.33 bits per heavy atom. The number of hydrogen-bond donors (Lipinski definition) is 2. The van der Waals surface area contributed by atoms with Crippen LogP contribution in [0.5, 0.6) is 0 Å². The zero-order valence-corrected chi connectivity index (χ0v) is 12.9. The monoisotopic (exact) mass is 303 g/mol. The van der Waals surface area contributed by atoms with Crippen molar-refractivity contribution in [2.75, 3.05) is 13.2 Å². The molecule has 2 aliphatic carbocycles. The summed E-state index contributed by atoms with van der Waals surface area (Å²) in [5.41, 5.74) is 0.705. The van der Waals surface area contributed by atoms with Crippen molar-refractivity contribution in [3.8, 4) is 11.8 Å². The zero-order chi connectivity index (χ0) is 14.7. The van der Waals surface area contributed by atoms with Gasteiger partial charge in [0.25, 0.3) is 5.91 Å². The van der Waals surface area contributed by atoms with Gasteiger partial charge in [0.05, 0.1) is 17.0 Å². The van der Waals surface area contributed by atoms with Crippen molar-refractivity contribution in [1.29, 1.82) is 0 Å². The van der Waals surface area contributed by atoms with Gasteiger partial charge in [0.15, 0.2) is 0 Å². The van der Waals surface area contributed by atoms with E-state index in [1.54, 1.807) is 0 Å². The molecule has 2 fully saturated rings. The van der Waals surface area contributed by atoms with Crippen molar-refractivity contribution in [2.24, 2.45) is 17.8 Å². The van der Waals surface area contributed by atoms with Crippen LogP contribution in [-0.4, -0.2) is 24.2 Å². The second-order valence-electron chi connectivity index (χ2n) is 6.12. The lowest BCUT2D eigenvalue weighted by Crippen LogP contribution is -2.31. The minimum absolute atomic E-state index is 0.0178. The van der Waals surface area contributed by atoms with E-state index in [4.69, 9.17) is 5.11 Å². The van der Waals surface area contributed by atoms with Gasteiger partial charge in [0, 0.05) is 18.3 Å². The van der Waals surface area contributed by atoms with E-state index in [0.717, 1.165) is 23.3 Å². The summed E-state index contributed by atoms with van der Waals surface area (Å²) in [7, 11) is 0. The second kappa shape index (κ2) is 6.64. The smallest absolute Gasteiger partial charge is 0.252 e. The molecule has 2 N–H and O–H groups in total. The van der Waals surface area contributed by atoms with E-state index in [1.165, 1.54) is 37.0 Å². The SMILES string of the molecule is O=C(NCC1CC2CCC1C2)c1csc(C#CCCO)c1.